The monoisotopic (exact) mass is 125 g/mol. The molecule has 0 unspecified atom stereocenters. The molecule has 4 heteroatoms. The van der Waals surface area contributed by atoms with Crippen LogP contribution in [0.3, 0.4) is 0 Å². The van der Waals surface area contributed by atoms with Gasteiger partial charge in [0.25, 0.3) is 6.43 Å². The van der Waals surface area contributed by atoms with Crippen LogP contribution in [0.1, 0.15) is 0 Å². The Morgan fingerprint density at radius 1 is 1.62 bits per heavy atom. The molecule has 0 radical (unpaired) electrons. The molecule has 0 saturated carbocycles. The smallest absolute Gasteiger partial charge is 0.253 e. The number of nitrogens with zero attached hydrogens (tertiary/aromatic N) is 1. The zero-order valence-electron chi connectivity index (χ0n) is 4.90. The standard InChI is InChI=1S/C4H9F2NO/c1-7(8-2)3-4(5)6/h4H,3H2,1-2H3. The van der Waals surface area contributed by atoms with Crippen LogP contribution in [0.2, 0.25) is 0 Å². The molecule has 0 aliphatic carbocycles. The maximum absolute atomic E-state index is 11.4. The van der Waals surface area contributed by atoms with E-state index in [9.17, 15) is 8.78 Å². The molecular weight excluding hydrogens is 116 g/mol. The van der Waals surface area contributed by atoms with Gasteiger partial charge in [-0.3, -0.25) is 0 Å². The summed E-state index contributed by atoms with van der Waals surface area (Å²) in [5.74, 6) is 0. The summed E-state index contributed by atoms with van der Waals surface area (Å²) in [5, 5.41) is 1.07. The Morgan fingerprint density at radius 3 is 2.25 bits per heavy atom. The molecule has 50 valence electrons. The van der Waals surface area contributed by atoms with E-state index < -0.39 is 6.43 Å². The first-order valence-electron chi connectivity index (χ1n) is 2.20. The molecule has 0 heterocycles. The van der Waals surface area contributed by atoms with Gasteiger partial charge in [-0.25, -0.2) is 8.78 Å². The van der Waals surface area contributed by atoms with E-state index in [1.807, 2.05) is 0 Å². The molecule has 0 fully saturated rings. The summed E-state index contributed by atoms with van der Waals surface area (Å²) < 4.78 is 22.7. The molecular formula is C4H9F2NO. The van der Waals surface area contributed by atoms with E-state index in [0.717, 1.165) is 5.06 Å². The highest BCUT2D eigenvalue weighted by Crippen LogP contribution is 1.93. The van der Waals surface area contributed by atoms with E-state index in [1.54, 1.807) is 0 Å². The van der Waals surface area contributed by atoms with Crippen molar-refractivity contribution in [3.8, 4) is 0 Å². The van der Waals surface area contributed by atoms with E-state index in [-0.39, 0.29) is 6.54 Å². The highest BCUT2D eigenvalue weighted by Gasteiger charge is 2.04. The third-order valence-electron chi connectivity index (χ3n) is 0.707. The first-order valence-corrected chi connectivity index (χ1v) is 2.20. The van der Waals surface area contributed by atoms with E-state index in [4.69, 9.17) is 0 Å². The first-order chi connectivity index (χ1) is 3.66. The zero-order valence-corrected chi connectivity index (χ0v) is 4.90. The third-order valence-corrected chi connectivity index (χ3v) is 0.707. The average molecular weight is 125 g/mol. The van der Waals surface area contributed by atoms with Gasteiger partial charge in [-0.05, 0) is 0 Å². The van der Waals surface area contributed by atoms with Gasteiger partial charge in [-0.2, -0.15) is 5.06 Å². The van der Waals surface area contributed by atoms with E-state index in [2.05, 4.69) is 4.84 Å². The first kappa shape index (κ1) is 7.78. The fourth-order valence-corrected chi connectivity index (χ4v) is 0.269. The van der Waals surface area contributed by atoms with Crippen molar-refractivity contribution in [2.75, 3.05) is 20.7 Å². The molecule has 0 atom stereocenters. The fourth-order valence-electron chi connectivity index (χ4n) is 0.269. The Bertz CT molecular complexity index is 60.0. The van der Waals surface area contributed by atoms with Gasteiger partial charge in [0.15, 0.2) is 0 Å². The quantitative estimate of drug-likeness (QED) is 0.516. The van der Waals surface area contributed by atoms with Gasteiger partial charge >= 0.3 is 0 Å². The van der Waals surface area contributed by atoms with Crippen LogP contribution in [0.5, 0.6) is 0 Å². The lowest BCUT2D eigenvalue weighted by molar-refractivity contribution is -0.132. The van der Waals surface area contributed by atoms with E-state index in [0.29, 0.717) is 0 Å². The van der Waals surface area contributed by atoms with Crippen LogP contribution in [-0.2, 0) is 4.84 Å². The minimum atomic E-state index is -2.32. The van der Waals surface area contributed by atoms with Crippen molar-refractivity contribution in [3.05, 3.63) is 0 Å². The summed E-state index contributed by atoms with van der Waals surface area (Å²) >= 11 is 0. The molecule has 0 amide bonds. The van der Waals surface area contributed by atoms with Gasteiger partial charge in [0.05, 0.1) is 13.7 Å². The molecule has 0 aliphatic rings. The maximum Gasteiger partial charge on any atom is 0.253 e. The maximum atomic E-state index is 11.4. The lowest BCUT2D eigenvalue weighted by atomic mass is 10.7. The van der Waals surface area contributed by atoms with Crippen LogP contribution in [0.25, 0.3) is 0 Å². The van der Waals surface area contributed by atoms with Crippen LogP contribution in [-0.4, -0.2) is 32.2 Å². The number of alkyl halides is 2. The fraction of sp³-hybridized carbons (Fsp3) is 1.00. The summed E-state index contributed by atoms with van der Waals surface area (Å²) in [6.07, 6.45) is -2.32. The van der Waals surface area contributed by atoms with Gasteiger partial charge in [0.1, 0.15) is 0 Å². The second-order valence-corrected chi connectivity index (χ2v) is 1.38. The number of halogens is 2. The highest BCUT2D eigenvalue weighted by atomic mass is 19.3. The third kappa shape index (κ3) is 3.95. The molecule has 0 aliphatic heterocycles. The summed E-state index contributed by atoms with van der Waals surface area (Å²) in [6, 6.07) is 0. The summed E-state index contributed by atoms with van der Waals surface area (Å²) in [4.78, 5) is 4.41. The molecule has 8 heavy (non-hydrogen) atoms. The molecule has 0 aromatic heterocycles. The van der Waals surface area contributed by atoms with Crippen LogP contribution < -0.4 is 0 Å². The minimum absolute atomic E-state index is 0.337. The molecule has 0 aromatic rings. The van der Waals surface area contributed by atoms with Crippen molar-refractivity contribution in [2.24, 2.45) is 0 Å². The molecule has 0 bridgehead atoms. The lowest BCUT2D eigenvalue weighted by Gasteiger charge is -2.11. The SMILES string of the molecule is CON(C)CC(F)F. The van der Waals surface area contributed by atoms with Crippen LogP contribution >= 0.6 is 0 Å². The molecule has 0 spiro atoms. The second kappa shape index (κ2) is 3.74. The lowest BCUT2D eigenvalue weighted by Crippen LogP contribution is -2.22. The van der Waals surface area contributed by atoms with Crippen molar-refractivity contribution >= 4 is 0 Å². The number of rotatable bonds is 3. The summed E-state index contributed by atoms with van der Waals surface area (Å²) in [5.41, 5.74) is 0. The van der Waals surface area contributed by atoms with Gasteiger partial charge in [-0.15, -0.1) is 0 Å². The van der Waals surface area contributed by atoms with Gasteiger partial charge in [-0.1, -0.05) is 0 Å². The second-order valence-electron chi connectivity index (χ2n) is 1.38. The predicted octanol–water partition coefficient (Wildman–Crippen LogP) is 0.745. The van der Waals surface area contributed by atoms with Gasteiger partial charge in [0.2, 0.25) is 0 Å². The Hall–Kier alpha value is -0.220. The van der Waals surface area contributed by atoms with Crippen LogP contribution in [0, 0.1) is 0 Å². The Balaban J connectivity index is 3.10. The molecule has 2 nitrogen and oxygen atoms in total. The number of hydrogen-bond acceptors (Lipinski definition) is 2. The normalized spacial score (nSPS) is 11.2. The van der Waals surface area contributed by atoms with Crippen LogP contribution in [0.15, 0.2) is 0 Å². The number of hydrogen-bond donors (Lipinski definition) is 0. The number of hydroxylamine groups is 2. The Labute approximate surface area is 47.0 Å². The largest absolute Gasteiger partial charge is 0.302 e. The molecule has 0 aromatic carbocycles. The van der Waals surface area contributed by atoms with Crippen molar-refractivity contribution < 1.29 is 13.6 Å². The van der Waals surface area contributed by atoms with Crippen LogP contribution in [0.4, 0.5) is 8.78 Å². The average Bonchev–Trinajstić information content (AvgIpc) is 1.65. The molecule has 0 saturated heterocycles. The summed E-state index contributed by atoms with van der Waals surface area (Å²) in [6.45, 7) is -0.337. The van der Waals surface area contributed by atoms with Crippen molar-refractivity contribution in [1.29, 1.82) is 0 Å². The molecule has 0 N–H and O–H groups in total. The topological polar surface area (TPSA) is 12.5 Å². The zero-order chi connectivity index (χ0) is 6.57. The highest BCUT2D eigenvalue weighted by molar-refractivity contribution is 4.38. The van der Waals surface area contributed by atoms with Gasteiger partial charge < -0.3 is 4.84 Å². The van der Waals surface area contributed by atoms with Crippen molar-refractivity contribution in [1.82, 2.24) is 5.06 Å². The predicted molar refractivity (Wildman–Crippen MR) is 25.6 cm³/mol. The Kier molecular flexibility index (Phi) is 3.64. The van der Waals surface area contributed by atoms with E-state index in [1.165, 1.54) is 14.2 Å². The summed E-state index contributed by atoms with van der Waals surface area (Å²) in [7, 11) is 2.80. The Morgan fingerprint density at radius 2 is 2.12 bits per heavy atom. The molecule has 0 rings (SSSR count). The van der Waals surface area contributed by atoms with Crippen molar-refractivity contribution in [3.63, 3.8) is 0 Å². The van der Waals surface area contributed by atoms with E-state index >= 15 is 0 Å². The minimum Gasteiger partial charge on any atom is -0.302 e. The van der Waals surface area contributed by atoms with Crippen molar-refractivity contribution in [2.45, 2.75) is 6.43 Å². The van der Waals surface area contributed by atoms with Gasteiger partial charge in [0, 0.05) is 7.05 Å².